The van der Waals surface area contributed by atoms with Crippen molar-refractivity contribution < 1.29 is 9.53 Å². The van der Waals surface area contributed by atoms with E-state index in [1.54, 1.807) is 37.7 Å². The summed E-state index contributed by atoms with van der Waals surface area (Å²) >= 11 is 6.01. The normalized spacial score (nSPS) is 17.7. The lowest BCUT2D eigenvalue weighted by Crippen LogP contribution is -2.33. The molecule has 1 aromatic heterocycles. The lowest BCUT2D eigenvalue weighted by molar-refractivity contribution is -0.117. The number of methoxy groups -OCH3 is 1. The molecule has 1 fully saturated rings. The van der Waals surface area contributed by atoms with Crippen LogP contribution in [0.25, 0.3) is 0 Å². The number of amides is 1. The van der Waals surface area contributed by atoms with E-state index in [-0.39, 0.29) is 11.9 Å². The molecule has 24 heavy (non-hydrogen) atoms. The van der Waals surface area contributed by atoms with Crippen molar-refractivity contribution in [2.24, 2.45) is 0 Å². The van der Waals surface area contributed by atoms with Gasteiger partial charge in [0.05, 0.1) is 19.3 Å². The summed E-state index contributed by atoms with van der Waals surface area (Å²) in [5.41, 5.74) is 1.80. The largest absolute Gasteiger partial charge is 0.495 e. The average molecular weight is 346 g/mol. The van der Waals surface area contributed by atoms with E-state index < -0.39 is 0 Å². The first-order valence-electron chi connectivity index (χ1n) is 7.95. The molecule has 0 unspecified atom stereocenters. The minimum atomic E-state index is -0.0727. The molecule has 1 aliphatic heterocycles. The predicted octanol–water partition coefficient (Wildman–Crippen LogP) is 3.52. The number of pyridine rings is 1. The van der Waals surface area contributed by atoms with E-state index in [2.05, 4.69) is 15.2 Å². The number of aromatic nitrogens is 1. The maximum atomic E-state index is 12.5. The van der Waals surface area contributed by atoms with Crippen LogP contribution in [0.3, 0.4) is 0 Å². The van der Waals surface area contributed by atoms with Crippen LogP contribution in [0.5, 0.6) is 5.75 Å². The van der Waals surface area contributed by atoms with Crippen LogP contribution in [0.2, 0.25) is 5.02 Å². The van der Waals surface area contributed by atoms with Gasteiger partial charge in [-0.05, 0) is 55.3 Å². The molecule has 0 saturated carbocycles. The number of ether oxygens (including phenoxy) is 1. The lowest BCUT2D eigenvalue weighted by atomic mass is 10.1. The van der Waals surface area contributed by atoms with Crippen molar-refractivity contribution in [3.8, 4) is 5.75 Å². The minimum Gasteiger partial charge on any atom is -0.495 e. The Morgan fingerprint density at radius 2 is 2.17 bits per heavy atom. The van der Waals surface area contributed by atoms with Gasteiger partial charge in [-0.3, -0.25) is 14.7 Å². The zero-order valence-corrected chi connectivity index (χ0v) is 14.3. The number of benzene rings is 1. The number of hydrogen-bond acceptors (Lipinski definition) is 4. The van der Waals surface area contributed by atoms with Gasteiger partial charge >= 0.3 is 0 Å². The molecule has 0 radical (unpaired) electrons. The minimum absolute atomic E-state index is 0.0727. The lowest BCUT2D eigenvalue weighted by Gasteiger charge is -2.24. The van der Waals surface area contributed by atoms with E-state index in [4.69, 9.17) is 16.3 Å². The Labute approximate surface area is 146 Å². The van der Waals surface area contributed by atoms with Gasteiger partial charge in [-0.15, -0.1) is 0 Å². The van der Waals surface area contributed by atoms with Crippen LogP contribution in [-0.2, 0) is 4.79 Å². The van der Waals surface area contributed by atoms with E-state index in [1.807, 2.05) is 12.1 Å². The molecule has 5 nitrogen and oxygen atoms in total. The second kappa shape index (κ2) is 7.64. The highest BCUT2D eigenvalue weighted by molar-refractivity contribution is 6.31. The molecular weight excluding hydrogens is 326 g/mol. The van der Waals surface area contributed by atoms with Crippen LogP contribution in [-0.4, -0.2) is 36.0 Å². The molecule has 2 aromatic rings. The highest BCUT2D eigenvalue weighted by Gasteiger charge is 2.27. The van der Waals surface area contributed by atoms with Gasteiger partial charge in [0.1, 0.15) is 5.75 Å². The van der Waals surface area contributed by atoms with Gasteiger partial charge in [0.25, 0.3) is 0 Å². The molecule has 6 heteroatoms. The molecule has 1 amide bonds. The highest BCUT2D eigenvalue weighted by Crippen LogP contribution is 2.32. The van der Waals surface area contributed by atoms with Crippen LogP contribution in [0.15, 0.2) is 42.7 Å². The maximum absolute atomic E-state index is 12.5. The fourth-order valence-corrected chi connectivity index (χ4v) is 3.30. The number of carbonyl (C=O) groups is 1. The zero-order valence-electron chi connectivity index (χ0n) is 13.5. The van der Waals surface area contributed by atoms with Crippen molar-refractivity contribution in [2.75, 3.05) is 25.5 Å². The highest BCUT2D eigenvalue weighted by atomic mass is 35.5. The first-order chi connectivity index (χ1) is 11.7. The van der Waals surface area contributed by atoms with Crippen molar-refractivity contribution in [1.29, 1.82) is 0 Å². The molecule has 1 aliphatic rings. The Morgan fingerprint density at radius 1 is 1.38 bits per heavy atom. The molecule has 1 N–H and O–H groups in total. The van der Waals surface area contributed by atoms with E-state index in [1.165, 1.54) is 5.56 Å². The van der Waals surface area contributed by atoms with Crippen molar-refractivity contribution >= 4 is 23.2 Å². The number of carbonyl (C=O) groups excluding carboxylic acids is 1. The van der Waals surface area contributed by atoms with Crippen LogP contribution >= 0.6 is 11.6 Å². The maximum Gasteiger partial charge on any atom is 0.238 e. The summed E-state index contributed by atoms with van der Waals surface area (Å²) in [5.74, 6) is 0.524. The quantitative estimate of drug-likeness (QED) is 0.900. The molecule has 3 rings (SSSR count). The van der Waals surface area contributed by atoms with Crippen molar-refractivity contribution in [3.05, 3.63) is 53.3 Å². The molecule has 2 heterocycles. The number of halogens is 1. The van der Waals surface area contributed by atoms with Crippen LogP contribution in [0.4, 0.5) is 5.69 Å². The summed E-state index contributed by atoms with van der Waals surface area (Å²) in [7, 11) is 1.57. The number of nitrogens with one attached hydrogen (secondary N) is 1. The SMILES string of the molecule is COc1ccc(Cl)cc1NC(=O)CN1CCC[C@@H]1c1ccncc1. The Hall–Kier alpha value is -2.11. The molecule has 1 aromatic carbocycles. The number of hydrogen-bond donors (Lipinski definition) is 1. The number of likely N-dealkylation sites (tertiary alicyclic amines) is 1. The Bertz CT molecular complexity index is 709. The Morgan fingerprint density at radius 3 is 2.92 bits per heavy atom. The summed E-state index contributed by atoms with van der Waals surface area (Å²) in [6, 6.07) is 9.47. The summed E-state index contributed by atoms with van der Waals surface area (Å²) < 4.78 is 5.27. The molecular formula is C18H20ClN3O2. The van der Waals surface area contributed by atoms with E-state index >= 15 is 0 Å². The molecule has 1 atom stereocenters. The topological polar surface area (TPSA) is 54.5 Å². The average Bonchev–Trinajstić information content (AvgIpc) is 3.04. The summed E-state index contributed by atoms with van der Waals surface area (Å²) in [5, 5.41) is 3.46. The molecule has 126 valence electrons. The first-order valence-corrected chi connectivity index (χ1v) is 8.32. The van der Waals surface area contributed by atoms with Gasteiger partial charge in [-0.25, -0.2) is 0 Å². The van der Waals surface area contributed by atoms with Crippen LogP contribution in [0.1, 0.15) is 24.4 Å². The summed E-state index contributed by atoms with van der Waals surface area (Å²) in [4.78, 5) is 18.7. The van der Waals surface area contributed by atoms with Crippen molar-refractivity contribution in [2.45, 2.75) is 18.9 Å². The Kier molecular flexibility index (Phi) is 5.33. The van der Waals surface area contributed by atoms with Crippen LogP contribution in [0, 0.1) is 0 Å². The van der Waals surface area contributed by atoms with Gasteiger partial charge in [0.2, 0.25) is 5.91 Å². The molecule has 0 spiro atoms. The summed E-state index contributed by atoms with van der Waals surface area (Å²) in [6.07, 6.45) is 5.73. The van der Waals surface area contributed by atoms with Crippen molar-refractivity contribution in [3.63, 3.8) is 0 Å². The zero-order chi connectivity index (χ0) is 16.9. The number of anilines is 1. The number of nitrogens with zero attached hydrogens (tertiary/aromatic N) is 2. The van der Waals surface area contributed by atoms with Crippen LogP contribution < -0.4 is 10.1 Å². The predicted molar refractivity (Wildman–Crippen MR) is 94.4 cm³/mol. The van der Waals surface area contributed by atoms with Crippen molar-refractivity contribution in [1.82, 2.24) is 9.88 Å². The fraction of sp³-hybridized carbons (Fsp3) is 0.333. The fourth-order valence-electron chi connectivity index (χ4n) is 3.13. The second-order valence-corrected chi connectivity index (χ2v) is 6.24. The molecule has 0 bridgehead atoms. The first kappa shape index (κ1) is 16.7. The van der Waals surface area contributed by atoms with E-state index in [0.29, 0.717) is 23.0 Å². The number of rotatable bonds is 5. The second-order valence-electron chi connectivity index (χ2n) is 5.80. The van der Waals surface area contributed by atoms with Gasteiger partial charge in [-0.1, -0.05) is 11.6 Å². The third kappa shape index (κ3) is 3.86. The van der Waals surface area contributed by atoms with Gasteiger partial charge in [0, 0.05) is 23.5 Å². The summed E-state index contributed by atoms with van der Waals surface area (Å²) in [6.45, 7) is 1.25. The third-order valence-corrected chi connectivity index (χ3v) is 4.47. The smallest absolute Gasteiger partial charge is 0.238 e. The van der Waals surface area contributed by atoms with E-state index in [0.717, 1.165) is 19.4 Å². The van der Waals surface area contributed by atoms with Gasteiger partial charge in [-0.2, -0.15) is 0 Å². The van der Waals surface area contributed by atoms with Gasteiger partial charge < -0.3 is 10.1 Å². The Balaban J connectivity index is 1.67. The monoisotopic (exact) mass is 345 g/mol. The van der Waals surface area contributed by atoms with E-state index in [9.17, 15) is 4.79 Å². The standard InChI is InChI=1S/C18H20ClN3O2/c1-24-17-5-4-14(19)11-15(17)21-18(23)12-22-10-2-3-16(22)13-6-8-20-9-7-13/h4-9,11,16H,2-3,10,12H2,1H3,(H,21,23)/t16-/m1/s1. The molecule has 1 saturated heterocycles. The molecule has 0 aliphatic carbocycles. The third-order valence-electron chi connectivity index (χ3n) is 4.24. The van der Waals surface area contributed by atoms with Gasteiger partial charge in [0.15, 0.2) is 0 Å².